The summed E-state index contributed by atoms with van der Waals surface area (Å²) in [6.07, 6.45) is 21.6. The molecule has 0 saturated heterocycles. The number of aromatic nitrogens is 3. The summed E-state index contributed by atoms with van der Waals surface area (Å²) in [5, 5.41) is 1.20. The Morgan fingerprint density at radius 2 is 1.57 bits per heavy atom. The Hall–Kier alpha value is -4.89. The largest absolute Gasteiger partial charge is 0.309 e. The van der Waals surface area contributed by atoms with Gasteiger partial charge in [0.1, 0.15) is 5.65 Å². The van der Waals surface area contributed by atoms with E-state index in [9.17, 15) is 0 Å². The lowest BCUT2D eigenvalue weighted by atomic mass is 10.1. The summed E-state index contributed by atoms with van der Waals surface area (Å²) in [6, 6.07) is 21.2. The van der Waals surface area contributed by atoms with Gasteiger partial charge in [0.25, 0.3) is 0 Å². The van der Waals surface area contributed by atoms with Gasteiger partial charge in [-0.2, -0.15) is 0 Å². The minimum absolute atomic E-state index is 0.950. The summed E-state index contributed by atoms with van der Waals surface area (Å²) in [5.74, 6) is 0. The molecular formula is C37H39N3. The highest BCUT2D eigenvalue weighted by Gasteiger charge is 2.16. The zero-order chi connectivity index (χ0) is 28.9. The van der Waals surface area contributed by atoms with Crippen LogP contribution in [0.2, 0.25) is 0 Å². The second kappa shape index (κ2) is 14.9. The summed E-state index contributed by atoms with van der Waals surface area (Å²) < 4.78 is 4.38. The molecule has 3 heteroatoms. The summed E-state index contributed by atoms with van der Waals surface area (Å²) in [5.41, 5.74) is 8.82. The van der Waals surface area contributed by atoms with E-state index in [1.54, 1.807) is 12.2 Å². The minimum atomic E-state index is 0.950. The van der Waals surface area contributed by atoms with Gasteiger partial charge in [0.15, 0.2) is 0 Å². The smallest absolute Gasteiger partial charge is 0.137 e. The van der Waals surface area contributed by atoms with E-state index in [4.69, 9.17) is 4.98 Å². The number of hydrogen-bond acceptors (Lipinski definition) is 1. The van der Waals surface area contributed by atoms with E-state index in [1.165, 1.54) is 16.5 Å². The molecule has 0 amide bonds. The van der Waals surface area contributed by atoms with Crippen LogP contribution in [-0.4, -0.2) is 14.0 Å². The van der Waals surface area contributed by atoms with Crippen molar-refractivity contribution >= 4 is 28.7 Å². The second-order valence-electron chi connectivity index (χ2n) is 9.06. The molecule has 3 heterocycles. The molecule has 3 nitrogen and oxygen atoms in total. The van der Waals surface area contributed by atoms with Gasteiger partial charge in [-0.1, -0.05) is 86.0 Å². The third kappa shape index (κ3) is 6.95. The molecule has 0 radical (unpaired) electrons. The molecule has 0 aliphatic carbocycles. The average Bonchev–Trinajstić information content (AvgIpc) is 3.53. The Balaban J connectivity index is 0.000000382. The molecule has 2 aromatic carbocycles. The number of hydrogen-bond donors (Lipinski definition) is 0. The molecule has 3 aromatic heterocycles. The van der Waals surface area contributed by atoms with Gasteiger partial charge in [0.2, 0.25) is 0 Å². The van der Waals surface area contributed by atoms with E-state index in [-0.39, 0.29) is 0 Å². The van der Waals surface area contributed by atoms with Crippen LogP contribution in [0.1, 0.15) is 37.6 Å². The third-order valence-electron chi connectivity index (χ3n) is 6.01. The minimum Gasteiger partial charge on any atom is -0.309 e. The zero-order valence-corrected chi connectivity index (χ0v) is 24.1. The molecule has 0 bridgehead atoms. The fourth-order valence-electron chi connectivity index (χ4n) is 4.47. The van der Waals surface area contributed by atoms with Crippen molar-refractivity contribution in [3.05, 3.63) is 152 Å². The maximum atomic E-state index is 4.82. The fourth-order valence-corrected chi connectivity index (χ4v) is 4.47. The van der Waals surface area contributed by atoms with Gasteiger partial charge in [-0.05, 0) is 75.7 Å². The zero-order valence-electron chi connectivity index (χ0n) is 24.1. The lowest BCUT2D eigenvalue weighted by Gasteiger charge is -2.12. The van der Waals surface area contributed by atoms with Crippen LogP contribution in [0.3, 0.4) is 0 Å². The molecule has 202 valence electrons. The van der Waals surface area contributed by atoms with Crippen molar-refractivity contribution in [1.29, 1.82) is 0 Å². The van der Waals surface area contributed by atoms with E-state index < -0.39 is 0 Å². The first-order chi connectivity index (χ1) is 19.5. The first-order valence-corrected chi connectivity index (χ1v) is 13.4. The summed E-state index contributed by atoms with van der Waals surface area (Å²) in [6.45, 7) is 19.0. The van der Waals surface area contributed by atoms with Crippen molar-refractivity contribution in [1.82, 2.24) is 14.0 Å². The van der Waals surface area contributed by atoms with Gasteiger partial charge in [0, 0.05) is 34.6 Å². The van der Waals surface area contributed by atoms with Crippen LogP contribution in [0.25, 0.3) is 45.6 Å². The van der Waals surface area contributed by atoms with Crippen molar-refractivity contribution in [3.8, 4) is 16.9 Å². The molecule has 0 aliphatic heterocycles. The topological polar surface area (TPSA) is 22.2 Å². The monoisotopic (exact) mass is 525 g/mol. The Bertz CT molecular complexity index is 1650. The van der Waals surface area contributed by atoms with Crippen LogP contribution in [0.5, 0.6) is 0 Å². The van der Waals surface area contributed by atoms with E-state index >= 15 is 0 Å². The van der Waals surface area contributed by atoms with Crippen molar-refractivity contribution in [2.24, 2.45) is 0 Å². The van der Waals surface area contributed by atoms with Crippen LogP contribution < -0.4 is 0 Å². The standard InChI is InChI=1S/C27H23N3.C7H10.C3H6/c1-4-10-25-22(5-2)23-11-6-7-12-26(23)30(25)21-16-19(3)15-20(17-21)24-18-29-14-9-8-13-27(29)28-24;1-3-5-7-6-4-2;1-3-2/h4-18H,2H2,1,3H3;3-7H,1H2,2H3;3H,1H2,2H3/b10-4-;6-4-,7-5-;. The van der Waals surface area contributed by atoms with Crippen molar-refractivity contribution in [2.75, 3.05) is 0 Å². The van der Waals surface area contributed by atoms with E-state index in [2.05, 4.69) is 96.4 Å². The van der Waals surface area contributed by atoms with E-state index in [0.29, 0.717) is 0 Å². The van der Waals surface area contributed by atoms with Gasteiger partial charge in [-0.15, -0.1) is 6.58 Å². The van der Waals surface area contributed by atoms with Crippen LogP contribution in [0, 0.1) is 6.92 Å². The number of allylic oxidation sites excluding steroid dienone is 7. The van der Waals surface area contributed by atoms with E-state index in [1.807, 2.05) is 75.5 Å². The Morgan fingerprint density at radius 1 is 0.825 bits per heavy atom. The number of fused-ring (bicyclic) bond motifs is 2. The average molecular weight is 526 g/mol. The number of nitrogens with zero attached hydrogens (tertiary/aromatic N) is 3. The van der Waals surface area contributed by atoms with Gasteiger partial charge in [-0.3, -0.25) is 0 Å². The van der Waals surface area contributed by atoms with Crippen LogP contribution in [0.15, 0.2) is 135 Å². The van der Waals surface area contributed by atoms with Crippen molar-refractivity contribution < 1.29 is 0 Å². The normalized spacial score (nSPS) is 11.0. The molecule has 5 aromatic rings. The molecule has 0 atom stereocenters. The van der Waals surface area contributed by atoms with Crippen molar-refractivity contribution in [3.63, 3.8) is 0 Å². The SMILES string of the molecule is C=C/C=C\C=C/C.C=CC.C=Cc1c(/C=C\C)n(-c2cc(C)cc(-c3cn4ccccc4n3)c2)c2ccccc12. The molecular weight excluding hydrogens is 486 g/mol. The van der Waals surface area contributed by atoms with Gasteiger partial charge >= 0.3 is 0 Å². The highest BCUT2D eigenvalue weighted by atomic mass is 15.0. The Labute approximate surface area is 239 Å². The fraction of sp³-hybridized carbons (Fsp3) is 0.108. The molecule has 5 rings (SSSR count). The molecule has 0 aliphatic rings. The van der Waals surface area contributed by atoms with Crippen LogP contribution in [-0.2, 0) is 0 Å². The summed E-state index contributed by atoms with van der Waals surface area (Å²) in [7, 11) is 0. The molecule has 40 heavy (non-hydrogen) atoms. The number of aryl methyl sites for hydroxylation is 1. The lowest BCUT2D eigenvalue weighted by molar-refractivity contribution is 1.10. The summed E-state index contributed by atoms with van der Waals surface area (Å²) in [4.78, 5) is 4.82. The Morgan fingerprint density at radius 3 is 2.25 bits per heavy atom. The number of para-hydroxylation sites is 1. The number of pyridine rings is 1. The summed E-state index contributed by atoms with van der Waals surface area (Å²) >= 11 is 0. The Kier molecular flexibility index (Phi) is 11.0. The molecule has 0 saturated carbocycles. The predicted molar refractivity (Wildman–Crippen MR) is 177 cm³/mol. The number of rotatable bonds is 6. The van der Waals surface area contributed by atoms with Crippen LogP contribution >= 0.6 is 0 Å². The molecule has 0 fully saturated rings. The second-order valence-corrected chi connectivity index (χ2v) is 9.06. The molecule has 0 N–H and O–H groups in total. The van der Waals surface area contributed by atoms with Gasteiger partial charge in [-0.25, -0.2) is 4.98 Å². The molecule has 0 unspecified atom stereocenters. The lowest BCUT2D eigenvalue weighted by Crippen LogP contribution is -1.98. The first-order valence-electron chi connectivity index (χ1n) is 13.4. The van der Waals surface area contributed by atoms with Crippen LogP contribution in [0.4, 0.5) is 0 Å². The first kappa shape index (κ1) is 29.7. The van der Waals surface area contributed by atoms with E-state index in [0.717, 1.165) is 33.8 Å². The third-order valence-corrected chi connectivity index (χ3v) is 6.01. The number of imidazole rings is 1. The van der Waals surface area contributed by atoms with Crippen molar-refractivity contribution in [2.45, 2.75) is 27.7 Å². The maximum Gasteiger partial charge on any atom is 0.137 e. The predicted octanol–water partition coefficient (Wildman–Crippen LogP) is 10.4. The highest BCUT2D eigenvalue weighted by molar-refractivity contribution is 5.95. The molecule has 0 spiro atoms. The maximum absolute atomic E-state index is 4.82. The number of benzene rings is 2. The van der Waals surface area contributed by atoms with Gasteiger partial charge in [0.05, 0.1) is 16.9 Å². The quantitative estimate of drug-likeness (QED) is 0.160. The highest BCUT2D eigenvalue weighted by Crippen LogP contribution is 2.33. The van der Waals surface area contributed by atoms with Gasteiger partial charge < -0.3 is 8.97 Å².